The molecule has 3 aromatic rings. The zero-order chi connectivity index (χ0) is 18.9. The van der Waals surface area contributed by atoms with E-state index in [0.717, 1.165) is 22.3 Å². The van der Waals surface area contributed by atoms with Crippen LogP contribution in [0.2, 0.25) is 0 Å². The molecule has 0 saturated heterocycles. The number of hydrogen-bond donors (Lipinski definition) is 1. The van der Waals surface area contributed by atoms with E-state index < -0.39 is 16.0 Å². The summed E-state index contributed by atoms with van der Waals surface area (Å²) in [5.74, 6) is -1.43. The lowest BCUT2D eigenvalue weighted by molar-refractivity contribution is -0.255. The molecule has 8 heteroatoms. The van der Waals surface area contributed by atoms with Crippen molar-refractivity contribution in [2.75, 3.05) is 4.72 Å². The Kier molecular flexibility index (Phi) is 4.80. The maximum atomic E-state index is 12.7. The van der Waals surface area contributed by atoms with Gasteiger partial charge in [-0.1, -0.05) is 24.3 Å². The first kappa shape index (κ1) is 18.1. The largest absolute Gasteiger partial charge is 0.545 e. The molecule has 0 radical (unpaired) electrons. The summed E-state index contributed by atoms with van der Waals surface area (Å²) >= 11 is 1.51. The zero-order valence-electron chi connectivity index (χ0n) is 14.0. The van der Waals surface area contributed by atoms with Gasteiger partial charge >= 0.3 is 0 Å². The van der Waals surface area contributed by atoms with Crippen molar-refractivity contribution in [1.29, 1.82) is 0 Å². The van der Waals surface area contributed by atoms with Gasteiger partial charge in [-0.2, -0.15) is 0 Å². The highest BCUT2D eigenvalue weighted by Crippen LogP contribution is 2.26. The van der Waals surface area contributed by atoms with Crippen LogP contribution in [0.5, 0.6) is 0 Å². The number of carboxylic acids is 1. The molecule has 1 heterocycles. The Morgan fingerprint density at radius 1 is 1.15 bits per heavy atom. The Morgan fingerprint density at radius 2 is 1.92 bits per heavy atom. The van der Waals surface area contributed by atoms with E-state index in [2.05, 4.69) is 9.71 Å². The van der Waals surface area contributed by atoms with Crippen molar-refractivity contribution < 1.29 is 18.3 Å². The Labute approximate surface area is 155 Å². The van der Waals surface area contributed by atoms with Crippen LogP contribution < -0.4 is 9.83 Å². The smallest absolute Gasteiger partial charge is 0.262 e. The lowest BCUT2D eigenvalue weighted by Crippen LogP contribution is -2.23. The maximum absolute atomic E-state index is 12.7. The molecule has 0 aliphatic carbocycles. The van der Waals surface area contributed by atoms with Gasteiger partial charge in [0.1, 0.15) is 0 Å². The maximum Gasteiger partial charge on any atom is 0.262 e. The number of carboxylic acid groups (broad SMARTS) is 1. The molecule has 0 aliphatic rings. The van der Waals surface area contributed by atoms with Crippen LogP contribution in [-0.4, -0.2) is 19.4 Å². The van der Waals surface area contributed by atoms with Crippen LogP contribution in [0, 0.1) is 13.8 Å². The quantitative estimate of drug-likeness (QED) is 0.725. The molecule has 0 aliphatic heterocycles. The number of aromatic carboxylic acids is 1. The third kappa shape index (κ3) is 3.76. The molecule has 6 nitrogen and oxygen atoms in total. The summed E-state index contributed by atoms with van der Waals surface area (Å²) in [5.41, 5.74) is 2.17. The number of rotatable bonds is 5. The lowest BCUT2D eigenvalue weighted by Gasteiger charge is -2.13. The molecular formula is C18H15N2O4S2-. The second-order valence-corrected chi connectivity index (χ2v) is 8.42. The first-order chi connectivity index (χ1) is 12.3. The summed E-state index contributed by atoms with van der Waals surface area (Å²) in [5, 5.41) is 13.8. The summed E-state index contributed by atoms with van der Waals surface area (Å²) in [7, 11) is -3.95. The predicted molar refractivity (Wildman–Crippen MR) is 98.6 cm³/mol. The SMILES string of the molecule is Cc1nc(-c2cccc(NS(=O)(=O)c3cc(C(=O)[O-])ccc3C)c2)cs1. The normalized spacial score (nSPS) is 11.3. The second-order valence-electron chi connectivity index (χ2n) is 5.71. The minimum Gasteiger partial charge on any atom is -0.545 e. The van der Waals surface area contributed by atoms with Crippen LogP contribution in [0.1, 0.15) is 20.9 Å². The molecule has 0 saturated carbocycles. The molecule has 2 aromatic carbocycles. The van der Waals surface area contributed by atoms with Gasteiger partial charge in [0.05, 0.1) is 21.6 Å². The Morgan fingerprint density at radius 3 is 2.58 bits per heavy atom. The molecular weight excluding hydrogens is 372 g/mol. The summed E-state index contributed by atoms with van der Waals surface area (Å²) in [6.45, 7) is 3.50. The number of carbonyl (C=O) groups excluding carboxylic acids is 1. The Balaban J connectivity index is 1.96. The molecule has 134 valence electrons. The minimum atomic E-state index is -3.95. The van der Waals surface area contributed by atoms with Crippen LogP contribution in [0.3, 0.4) is 0 Å². The van der Waals surface area contributed by atoms with E-state index in [1.165, 1.54) is 23.5 Å². The van der Waals surface area contributed by atoms with E-state index in [0.29, 0.717) is 11.3 Å². The van der Waals surface area contributed by atoms with Crippen molar-refractivity contribution in [3.8, 4) is 11.3 Å². The van der Waals surface area contributed by atoms with E-state index in [1.807, 2.05) is 18.4 Å². The van der Waals surface area contributed by atoms with Crippen molar-refractivity contribution in [1.82, 2.24) is 4.98 Å². The molecule has 0 unspecified atom stereocenters. The molecule has 26 heavy (non-hydrogen) atoms. The Bertz CT molecular complexity index is 1090. The monoisotopic (exact) mass is 387 g/mol. The number of nitrogens with zero attached hydrogens (tertiary/aromatic N) is 1. The van der Waals surface area contributed by atoms with Crippen LogP contribution in [0.15, 0.2) is 52.7 Å². The molecule has 0 fully saturated rings. The second kappa shape index (κ2) is 6.89. The summed E-state index contributed by atoms with van der Waals surface area (Å²) < 4.78 is 27.9. The number of benzene rings is 2. The van der Waals surface area contributed by atoms with Crippen molar-refractivity contribution in [2.24, 2.45) is 0 Å². The highest BCUT2D eigenvalue weighted by molar-refractivity contribution is 7.92. The highest BCUT2D eigenvalue weighted by atomic mass is 32.2. The van der Waals surface area contributed by atoms with Crippen molar-refractivity contribution in [3.05, 3.63) is 64.0 Å². The number of nitrogens with one attached hydrogen (secondary N) is 1. The lowest BCUT2D eigenvalue weighted by atomic mass is 10.1. The van der Waals surface area contributed by atoms with Gasteiger partial charge in [0.2, 0.25) is 0 Å². The molecule has 1 N–H and O–H groups in total. The van der Waals surface area contributed by atoms with E-state index in [9.17, 15) is 18.3 Å². The third-order valence-electron chi connectivity index (χ3n) is 3.74. The fraction of sp³-hybridized carbons (Fsp3) is 0.111. The van der Waals surface area contributed by atoms with Gasteiger partial charge in [0, 0.05) is 16.6 Å². The molecule has 3 rings (SSSR count). The van der Waals surface area contributed by atoms with Gasteiger partial charge in [-0.05, 0) is 43.2 Å². The first-order valence-electron chi connectivity index (χ1n) is 7.63. The Hall–Kier alpha value is -2.71. The van der Waals surface area contributed by atoms with Crippen molar-refractivity contribution in [2.45, 2.75) is 18.7 Å². The van der Waals surface area contributed by atoms with E-state index >= 15 is 0 Å². The number of aryl methyl sites for hydroxylation is 2. The van der Waals surface area contributed by atoms with Crippen LogP contribution in [0.25, 0.3) is 11.3 Å². The average molecular weight is 387 g/mol. The van der Waals surface area contributed by atoms with Gasteiger partial charge in [-0.25, -0.2) is 13.4 Å². The third-order valence-corrected chi connectivity index (χ3v) is 6.04. The zero-order valence-corrected chi connectivity index (χ0v) is 15.6. The topological polar surface area (TPSA) is 99.2 Å². The highest BCUT2D eigenvalue weighted by Gasteiger charge is 2.18. The van der Waals surface area contributed by atoms with Crippen molar-refractivity contribution in [3.63, 3.8) is 0 Å². The van der Waals surface area contributed by atoms with Gasteiger partial charge in [-0.3, -0.25) is 4.72 Å². The number of anilines is 1. The standard InChI is InChI=1S/C18H16N2O4S2/c1-11-6-7-14(18(21)22)9-17(11)26(23,24)20-15-5-3-4-13(8-15)16-10-25-12(2)19-16/h3-10,20H,1-2H3,(H,21,22)/p-1. The van der Waals surface area contributed by atoms with Crippen molar-refractivity contribution >= 4 is 33.0 Å². The van der Waals surface area contributed by atoms with Gasteiger partial charge < -0.3 is 9.90 Å². The minimum absolute atomic E-state index is 0.103. The average Bonchev–Trinajstić information content (AvgIpc) is 3.01. The molecule has 0 atom stereocenters. The van der Waals surface area contributed by atoms with Crippen LogP contribution >= 0.6 is 11.3 Å². The molecule has 0 amide bonds. The van der Waals surface area contributed by atoms with E-state index in [1.54, 1.807) is 25.1 Å². The van der Waals surface area contributed by atoms with Gasteiger partial charge in [0.15, 0.2) is 0 Å². The number of aromatic nitrogens is 1. The van der Waals surface area contributed by atoms with Crippen LogP contribution in [-0.2, 0) is 10.0 Å². The number of thiazole rings is 1. The predicted octanol–water partition coefficient (Wildman–Crippen LogP) is 2.59. The molecule has 1 aromatic heterocycles. The number of hydrogen-bond acceptors (Lipinski definition) is 6. The van der Waals surface area contributed by atoms with Crippen LogP contribution in [0.4, 0.5) is 5.69 Å². The number of carbonyl (C=O) groups is 1. The summed E-state index contributed by atoms with van der Waals surface area (Å²) in [6.07, 6.45) is 0. The molecule has 0 spiro atoms. The summed E-state index contributed by atoms with van der Waals surface area (Å²) in [4.78, 5) is 15.3. The fourth-order valence-electron chi connectivity index (χ4n) is 2.46. The first-order valence-corrected chi connectivity index (χ1v) is 10.00. The summed E-state index contributed by atoms with van der Waals surface area (Å²) in [6, 6.07) is 10.7. The van der Waals surface area contributed by atoms with E-state index in [4.69, 9.17) is 0 Å². The van der Waals surface area contributed by atoms with Gasteiger partial charge in [0.25, 0.3) is 10.0 Å². The number of sulfonamides is 1. The fourth-order valence-corrected chi connectivity index (χ4v) is 4.41. The van der Waals surface area contributed by atoms with E-state index in [-0.39, 0.29) is 10.5 Å². The molecule has 0 bridgehead atoms. The van der Waals surface area contributed by atoms with Gasteiger partial charge in [-0.15, -0.1) is 11.3 Å².